The van der Waals surface area contributed by atoms with E-state index in [0.29, 0.717) is 25.4 Å². The lowest BCUT2D eigenvalue weighted by atomic mass is 9.92. The summed E-state index contributed by atoms with van der Waals surface area (Å²) in [5.41, 5.74) is 7.68. The normalized spacial score (nSPS) is 20.1. The number of nitrogens with two attached hydrogens (primary N) is 1. The topological polar surface area (TPSA) is 83.1 Å². The molecule has 1 saturated carbocycles. The number of hydrogen-bond donors (Lipinski definition) is 1. The van der Waals surface area contributed by atoms with Crippen molar-refractivity contribution in [3.05, 3.63) is 35.4 Å². The Hall–Kier alpha value is -1.92. The summed E-state index contributed by atoms with van der Waals surface area (Å²) in [6.07, 6.45) is 3.34. The second-order valence-corrected chi connectivity index (χ2v) is 5.60. The number of amides is 1. The van der Waals surface area contributed by atoms with Crippen molar-refractivity contribution in [2.45, 2.75) is 38.1 Å². The Bertz CT molecular complexity index is 550. The van der Waals surface area contributed by atoms with Crippen LogP contribution >= 0.6 is 0 Å². The summed E-state index contributed by atoms with van der Waals surface area (Å²) >= 11 is 0. The van der Waals surface area contributed by atoms with Crippen molar-refractivity contribution < 1.29 is 19.1 Å². The highest BCUT2D eigenvalue weighted by molar-refractivity contribution is 5.92. The highest BCUT2D eigenvalue weighted by Crippen LogP contribution is 2.34. The van der Waals surface area contributed by atoms with Crippen molar-refractivity contribution in [2.75, 3.05) is 13.2 Å². The molecule has 0 aromatic heterocycles. The van der Waals surface area contributed by atoms with Crippen molar-refractivity contribution in [1.82, 2.24) is 0 Å². The Kier molecular flexibility index (Phi) is 4.40. The summed E-state index contributed by atoms with van der Waals surface area (Å²) in [4.78, 5) is 16.4. The van der Waals surface area contributed by atoms with E-state index >= 15 is 0 Å². The summed E-state index contributed by atoms with van der Waals surface area (Å²) in [6, 6.07) is 7.01. The summed E-state index contributed by atoms with van der Waals surface area (Å²) < 4.78 is 11.4. The van der Waals surface area contributed by atoms with Crippen LogP contribution in [0.3, 0.4) is 0 Å². The molecular formula is C16H20N2O4. The zero-order chi connectivity index (χ0) is 15.4. The maximum atomic E-state index is 11.0. The third-order valence-corrected chi connectivity index (χ3v) is 4.07. The molecule has 2 fully saturated rings. The van der Waals surface area contributed by atoms with E-state index in [1.54, 1.807) is 12.1 Å². The summed E-state index contributed by atoms with van der Waals surface area (Å²) in [5.74, 6) is -0.802. The van der Waals surface area contributed by atoms with Crippen molar-refractivity contribution in [3.63, 3.8) is 0 Å². The van der Waals surface area contributed by atoms with E-state index in [0.717, 1.165) is 37.0 Å². The first-order valence-corrected chi connectivity index (χ1v) is 7.51. The van der Waals surface area contributed by atoms with E-state index in [4.69, 9.17) is 20.0 Å². The van der Waals surface area contributed by atoms with Crippen LogP contribution in [0.5, 0.6) is 0 Å². The van der Waals surface area contributed by atoms with Gasteiger partial charge >= 0.3 is 0 Å². The number of hydrogen-bond acceptors (Lipinski definition) is 5. The van der Waals surface area contributed by atoms with Crippen molar-refractivity contribution >= 4 is 11.6 Å². The maximum absolute atomic E-state index is 11.0. The largest absolute Gasteiger partial charge is 0.391 e. The lowest BCUT2D eigenvalue weighted by Crippen LogP contribution is -2.35. The van der Waals surface area contributed by atoms with Gasteiger partial charge in [0.1, 0.15) is 6.61 Å². The molecule has 1 aromatic carbocycles. The smallest absolute Gasteiger partial charge is 0.248 e. The number of carbonyl (C=O) groups is 1. The standard InChI is InChI=1S/C16H20N2O4/c17-15(19)13-3-1-12(2-4-13)11-22-18-14-5-7-16(8-6-14)20-9-10-21-16/h1-4H,5-11H2,(H2,17,19). The molecule has 1 spiro atoms. The van der Waals surface area contributed by atoms with Gasteiger partial charge in [0.25, 0.3) is 0 Å². The lowest BCUT2D eigenvalue weighted by molar-refractivity contribution is -0.168. The van der Waals surface area contributed by atoms with Crippen molar-refractivity contribution in [3.8, 4) is 0 Å². The quantitative estimate of drug-likeness (QED) is 0.862. The van der Waals surface area contributed by atoms with Crippen LogP contribution < -0.4 is 5.73 Å². The molecule has 1 aliphatic heterocycles. The van der Waals surface area contributed by atoms with Crippen LogP contribution in [0.1, 0.15) is 41.6 Å². The van der Waals surface area contributed by atoms with Crippen molar-refractivity contribution in [2.24, 2.45) is 10.9 Å². The van der Waals surface area contributed by atoms with Gasteiger partial charge < -0.3 is 20.0 Å². The Balaban J connectivity index is 1.47. The van der Waals surface area contributed by atoms with E-state index in [9.17, 15) is 4.79 Å². The van der Waals surface area contributed by atoms with E-state index in [-0.39, 0.29) is 5.79 Å². The van der Waals surface area contributed by atoms with Gasteiger partial charge in [-0.3, -0.25) is 4.79 Å². The molecule has 1 saturated heterocycles. The molecule has 0 unspecified atom stereocenters. The molecule has 0 radical (unpaired) electrons. The molecule has 1 aliphatic carbocycles. The number of benzene rings is 1. The highest BCUT2D eigenvalue weighted by Gasteiger charge is 2.39. The van der Waals surface area contributed by atoms with Crippen LogP contribution in [-0.2, 0) is 20.9 Å². The van der Waals surface area contributed by atoms with Crippen LogP contribution in [0.15, 0.2) is 29.4 Å². The first-order valence-electron chi connectivity index (χ1n) is 7.51. The van der Waals surface area contributed by atoms with Gasteiger partial charge in [0.05, 0.1) is 18.9 Å². The van der Waals surface area contributed by atoms with E-state index in [1.807, 2.05) is 12.1 Å². The molecule has 2 N–H and O–H groups in total. The number of primary amides is 1. The predicted molar refractivity (Wildman–Crippen MR) is 80.3 cm³/mol. The third kappa shape index (κ3) is 3.45. The number of carbonyl (C=O) groups excluding carboxylic acids is 1. The van der Waals surface area contributed by atoms with Gasteiger partial charge in [-0.05, 0) is 30.5 Å². The molecule has 6 nitrogen and oxygen atoms in total. The fourth-order valence-corrected chi connectivity index (χ4v) is 2.76. The number of nitrogens with zero attached hydrogens (tertiary/aromatic N) is 1. The second-order valence-electron chi connectivity index (χ2n) is 5.60. The molecule has 118 valence electrons. The summed E-state index contributed by atoms with van der Waals surface area (Å²) in [7, 11) is 0. The van der Waals surface area contributed by atoms with Gasteiger partial charge in [0.2, 0.25) is 5.91 Å². The number of ether oxygens (including phenoxy) is 2. The van der Waals surface area contributed by atoms with Crippen molar-refractivity contribution in [1.29, 1.82) is 0 Å². The van der Waals surface area contributed by atoms with Gasteiger partial charge in [-0.15, -0.1) is 0 Å². The summed E-state index contributed by atoms with van der Waals surface area (Å²) in [6.45, 7) is 1.75. The van der Waals surface area contributed by atoms with Gasteiger partial charge in [0, 0.05) is 18.4 Å². The predicted octanol–water partition coefficient (Wildman–Crippen LogP) is 1.98. The van der Waals surface area contributed by atoms with Crippen LogP contribution in [0.4, 0.5) is 0 Å². The van der Waals surface area contributed by atoms with Gasteiger partial charge in [-0.25, -0.2) is 0 Å². The second kappa shape index (κ2) is 6.46. The number of oxime groups is 1. The summed E-state index contributed by atoms with van der Waals surface area (Å²) in [5, 5.41) is 4.20. The average molecular weight is 304 g/mol. The molecular weight excluding hydrogens is 284 g/mol. The minimum absolute atomic E-state index is 0.371. The van der Waals surface area contributed by atoms with Crippen LogP contribution in [-0.4, -0.2) is 30.6 Å². The fraction of sp³-hybridized carbons (Fsp3) is 0.500. The fourth-order valence-electron chi connectivity index (χ4n) is 2.76. The third-order valence-electron chi connectivity index (χ3n) is 4.07. The zero-order valence-corrected chi connectivity index (χ0v) is 12.4. The van der Waals surface area contributed by atoms with E-state index in [1.165, 1.54) is 0 Å². The minimum Gasteiger partial charge on any atom is -0.391 e. The molecule has 3 rings (SSSR count). The van der Waals surface area contributed by atoms with Gasteiger partial charge in [0.15, 0.2) is 5.79 Å². The molecule has 6 heteroatoms. The van der Waals surface area contributed by atoms with Crippen LogP contribution in [0.25, 0.3) is 0 Å². The Morgan fingerprint density at radius 1 is 1.18 bits per heavy atom. The molecule has 2 aliphatic rings. The maximum Gasteiger partial charge on any atom is 0.248 e. The number of rotatable bonds is 4. The molecule has 1 heterocycles. The monoisotopic (exact) mass is 304 g/mol. The van der Waals surface area contributed by atoms with E-state index < -0.39 is 5.91 Å². The molecule has 0 bridgehead atoms. The SMILES string of the molecule is NC(=O)c1ccc(CON=C2CCC3(CC2)OCCO3)cc1. The Morgan fingerprint density at radius 2 is 1.82 bits per heavy atom. The lowest BCUT2D eigenvalue weighted by Gasteiger charge is -2.31. The molecule has 0 atom stereocenters. The molecule has 22 heavy (non-hydrogen) atoms. The molecule has 1 amide bonds. The van der Waals surface area contributed by atoms with Gasteiger partial charge in [-0.1, -0.05) is 17.3 Å². The van der Waals surface area contributed by atoms with E-state index in [2.05, 4.69) is 5.16 Å². The van der Waals surface area contributed by atoms with Crippen LogP contribution in [0.2, 0.25) is 0 Å². The Labute approximate surface area is 129 Å². The first-order chi connectivity index (χ1) is 10.7. The first kappa shape index (κ1) is 15.0. The zero-order valence-electron chi connectivity index (χ0n) is 12.4. The molecule has 1 aromatic rings. The minimum atomic E-state index is -0.430. The Morgan fingerprint density at radius 3 is 2.41 bits per heavy atom. The average Bonchev–Trinajstić information content (AvgIpc) is 2.98. The highest BCUT2D eigenvalue weighted by atomic mass is 16.7. The van der Waals surface area contributed by atoms with Crippen LogP contribution in [0, 0.1) is 0 Å². The van der Waals surface area contributed by atoms with Gasteiger partial charge in [-0.2, -0.15) is 0 Å².